The Balaban J connectivity index is 1.54. The molecule has 138 valence electrons. The lowest BCUT2D eigenvalue weighted by molar-refractivity contribution is -0.384. The largest absolute Gasteiger partial charge is 0.325 e. The fourth-order valence-electron chi connectivity index (χ4n) is 2.79. The number of fused-ring (bicyclic) bond motifs is 1. The first-order valence-corrected chi connectivity index (χ1v) is 9.19. The predicted octanol–water partition coefficient (Wildman–Crippen LogP) is 5.52. The minimum Gasteiger partial charge on any atom is -0.307 e. The number of aromatic nitrogens is 1. The molecule has 28 heavy (non-hydrogen) atoms. The van der Waals surface area contributed by atoms with Crippen molar-refractivity contribution < 1.29 is 9.72 Å². The molecule has 0 bridgehead atoms. The van der Waals surface area contributed by atoms with Crippen LogP contribution in [0.3, 0.4) is 0 Å². The number of nitro groups is 1. The second-order valence-corrected chi connectivity index (χ2v) is 6.95. The molecule has 0 saturated heterocycles. The summed E-state index contributed by atoms with van der Waals surface area (Å²) in [4.78, 5) is 27.2. The average molecular weight is 390 g/mol. The average Bonchev–Trinajstić information content (AvgIpc) is 3.10. The molecule has 0 aliphatic rings. The second kappa shape index (κ2) is 7.45. The summed E-state index contributed by atoms with van der Waals surface area (Å²) in [6.45, 7) is 0. The molecule has 7 nitrogen and oxygen atoms in total. The van der Waals surface area contributed by atoms with Crippen LogP contribution in [0.2, 0.25) is 0 Å². The predicted molar refractivity (Wildman–Crippen MR) is 111 cm³/mol. The summed E-state index contributed by atoms with van der Waals surface area (Å²) < 4.78 is 0.634. The van der Waals surface area contributed by atoms with Crippen molar-refractivity contribution in [2.24, 2.45) is 0 Å². The summed E-state index contributed by atoms with van der Waals surface area (Å²) >= 11 is 1.18. The number of nitrogens with one attached hydrogen (secondary N) is 2. The molecule has 0 aliphatic heterocycles. The number of para-hydroxylation sites is 1. The van der Waals surface area contributed by atoms with Gasteiger partial charge in [0.05, 0.1) is 20.8 Å². The number of amides is 2. The van der Waals surface area contributed by atoms with Gasteiger partial charge in [-0.05, 0) is 17.7 Å². The monoisotopic (exact) mass is 390 g/mol. The number of benzene rings is 3. The molecule has 2 amide bonds. The van der Waals surface area contributed by atoms with E-state index in [1.54, 1.807) is 6.07 Å². The second-order valence-electron chi connectivity index (χ2n) is 5.92. The van der Waals surface area contributed by atoms with E-state index in [0.717, 1.165) is 11.1 Å². The lowest BCUT2D eigenvalue weighted by atomic mass is 10.0. The standard InChI is InChI=1S/C20H14N4O3S/c25-19(21-16-9-5-4-8-15(16)13-6-2-1-3-7-13)23-20-22-17-11-10-14(24(26)27)12-18(17)28-20/h1-12H,(H2,21,22,23,25). The number of nitrogens with zero attached hydrogens (tertiary/aromatic N) is 2. The molecule has 0 radical (unpaired) electrons. The number of non-ortho nitro benzene ring substituents is 1. The van der Waals surface area contributed by atoms with Crippen LogP contribution in [0.15, 0.2) is 72.8 Å². The van der Waals surface area contributed by atoms with Gasteiger partial charge in [-0.15, -0.1) is 0 Å². The Morgan fingerprint density at radius 1 is 0.964 bits per heavy atom. The van der Waals surface area contributed by atoms with Crippen molar-refractivity contribution in [3.8, 4) is 11.1 Å². The van der Waals surface area contributed by atoms with Crippen LogP contribution in [-0.4, -0.2) is 15.9 Å². The summed E-state index contributed by atoms with van der Waals surface area (Å²) in [5.74, 6) is 0. The van der Waals surface area contributed by atoms with Crippen LogP contribution in [0, 0.1) is 10.1 Å². The number of carbonyl (C=O) groups excluding carboxylic acids is 1. The molecular weight excluding hydrogens is 376 g/mol. The third-order valence-electron chi connectivity index (χ3n) is 4.06. The fraction of sp³-hybridized carbons (Fsp3) is 0. The Bertz CT molecular complexity index is 1170. The smallest absolute Gasteiger partial charge is 0.307 e. The van der Waals surface area contributed by atoms with Crippen molar-refractivity contribution in [3.05, 3.63) is 82.9 Å². The van der Waals surface area contributed by atoms with Gasteiger partial charge in [0.1, 0.15) is 0 Å². The topological polar surface area (TPSA) is 97.2 Å². The van der Waals surface area contributed by atoms with Crippen LogP contribution in [0.1, 0.15) is 0 Å². The molecule has 8 heteroatoms. The van der Waals surface area contributed by atoms with E-state index in [4.69, 9.17) is 0 Å². The van der Waals surface area contributed by atoms with Gasteiger partial charge in [-0.3, -0.25) is 15.4 Å². The minimum absolute atomic E-state index is 0.0102. The summed E-state index contributed by atoms with van der Waals surface area (Å²) in [6.07, 6.45) is 0. The Morgan fingerprint density at radius 3 is 2.50 bits per heavy atom. The van der Waals surface area contributed by atoms with Gasteiger partial charge < -0.3 is 5.32 Å². The SMILES string of the molecule is O=C(Nc1nc2ccc([N+](=O)[O-])cc2s1)Nc1ccccc1-c1ccccc1. The zero-order chi connectivity index (χ0) is 19.5. The lowest BCUT2D eigenvalue weighted by Crippen LogP contribution is -2.19. The van der Waals surface area contributed by atoms with E-state index in [1.165, 1.54) is 23.5 Å². The van der Waals surface area contributed by atoms with Gasteiger partial charge in [-0.1, -0.05) is 59.9 Å². The van der Waals surface area contributed by atoms with Crippen LogP contribution in [0.5, 0.6) is 0 Å². The zero-order valence-corrected chi connectivity index (χ0v) is 15.3. The van der Waals surface area contributed by atoms with E-state index in [2.05, 4.69) is 15.6 Å². The van der Waals surface area contributed by atoms with Crippen molar-refractivity contribution >= 4 is 44.1 Å². The number of carbonyl (C=O) groups is 1. The van der Waals surface area contributed by atoms with E-state index >= 15 is 0 Å². The van der Waals surface area contributed by atoms with Gasteiger partial charge in [-0.25, -0.2) is 9.78 Å². The minimum atomic E-state index is -0.459. The van der Waals surface area contributed by atoms with Gasteiger partial charge in [0.2, 0.25) is 0 Å². The van der Waals surface area contributed by atoms with Crippen molar-refractivity contribution in [1.82, 2.24) is 4.98 Å². The molecule has 3 aromatic carbocycles. The number of hydrogen-bond acceptors (Lipinski definition) is 5. The number of hydrogen-bond donors (Lipinski definition) is 2. The van der Waals surface area contributed by atoms with Crippen LogP contribution in [0.25, 0.3) is 21.3 Å². The normalized spacial score (nSPS) is 10.6. The summed E-state index contributed by atoms with van der Waals surface area (Å²) in [5, 5.41) is 16.8. The molecule has 0 atom stereocenters. The Morgan fingerprint density at radius 2 is 1.71 bits per heavy atom. The molecule has 0 saturated carbocycles. The number of urea groups is 1. The highest BCUT2D eigenvalue weighted by Crippen LogP contribution is 2.30. The van der Waals surface area contributed by atoms with E-state index in [0.29, 0.717) is 21.0 Å². The highest BCUT2D eigenvalue weighted by atomic mass is 32.1. The highest BCUT2D eigenvalue weighted by molar-refractivity contribution is 7.22. The molecule has 1 aromatic heterocycles. The molecule has 1 heterocycles. The summed E-state index contributed by atoms with van der Waals surface area (Å²) in [5.41, 5.74) is 3.14. The first-order chi connectivity index (χ1) is 13.6. The lowest BCUT2D eigenvalue weighted by Gasteiger charge is -2.11. The molecule has 0 fully saturated rings. The number of thiazole rings is 1. The molecule has 0 unspecified atom stereocenters. The Labute approximate surface area is 163 Å². The maximum absolute atomic E-state index is 12.5. The van der Waals surface area contributed by atoms with E-state index < -0.39 is 11.0 Å². The maximum atomic E-state index is 12.5. The van der Waals surface area contributed by atoms with Crippen molar-refractivity contribution in [1.29, 1.82) is 0 Å². The van der Waals surface area contributed by atoms with Crippen LogP contribution in [0.4, 0.5) is 21.3 Å². The molecule has 0 spiro atoms. The molecular formula is C20H14N4O3S. The van der Waals surface area contributed by atoms with Gasteiger partial charge in [0, 0.05) is 17.7 Å². The van der Waals surface area contributed by atoms with Gasteiger partial charge in [0.25, 0.3) is 5.69 Å². The first kappa shape index (κ1) is 17.6. The number of nitro benzene ring substituents is 1. The third kappa shape index (κ3) is 3.67. The molecule has 2 N–H and O–H groups in total. The van der Waals surface area contributed by atoms with Gasteiger partial charge >= 0.3 is 6.03 Å². The summed E-state index contributed by atoms with van der Waals surface area (Å²) in [6, 6.07) is 21.2. The maximum Gasteiger partial charge on any atom is 0.325 e. The van der Waals surface area contributed by atoms with Crippen LogP contribution in [-0.2, 0) is 0 Å². The van der Waals surface area contributed by atoms with Gasteiger partial charge in [0.15, 0.2) is 5.13 Å². The van der Waals surface area contributed by atoms with Crippen molar-refractivity contribution in [2.75, 3.05) is 10.6 Å². The van der Waals surface area contributed by atoms with Crippen LogP contribution < -0.4 is 10.6 Å². The number of rotatable bonds is 4. The first-order valence-electron chi connectivity index (χ1n) is 8.37. The molecule has 0 aliphatic carbocycles. The molecule has 4 aromatic rings. The fourth-order valence-corrected chi connectivity index (χ4v) is 3.69. The number of anilines is 2. The van der Waals surface area contributed by atoms with Crippen molar-refractivity contribution in [3.63, 3.8) is 0 Å². The Kier molecular flexibility index (Phi) is 4.69. The van der Waals surface area contributed by atoms with Crippen molar-refractivity contribution in [2.45, 2.75) is 0 Å². The summed E-state index contributed by atoms with van der Waals surface area (Å²) in [7, 11) is 0. The molecule has 4 rings (SSSR count). The van der Waals surface area contributed by atoms with E-state index in [-0.39, 0.29) is 5.69 Å². The van der Waals surface area contributed by atoms with Gasteiger partial charge in [-0.2, -0.15) is 0 Å². The zero-order valence-electron chi connectivity index (χ0n) is 14.5. The third-order valence-corrected chi connectivity index (χ3v) is 5.00. The van der Waals surface area contributed by atoms with E-state index in [1.807, 2.05) is 54.6 Å². The van der Waals surface area contributed by atoms with E-state index in [9.17, 15) is 14.9 Å². The van der Waals surface area contributed by atoms with Crippen LogP contribution >= 0.6 is 11.3 Å². The quantitative estimate of drug-likeness (QED) is 0.354. The highest BCUT2D eigenvalue weighted by Gasteiger charge is 2.13. The Hall–Kier alpha value is -3.78.